The molecule has 0 saturated heterocycles. The summed E-state index contributed by atoms with van der Waals surface area (Å²) < 4.78 is 4.76. The molecule has 1 rings (SSSR count). The van der Waals surface area contributed by atoms with Crippen LogP contribution >= 0.6 is 11.6 Å². The minimum atomic E-state index is -0.995. The first-order valence-electron chi connectivity index (χ1n) is 6.08. The first-order valence-corrected chi connectivity index (χ1v) is 6.46. The lowest BCUT2D eigenvalue weighted by atomic mass is 10.2. The lowest BCUT2D eigenvalue weighted by Gasteiger charge is -2.15. The summed E-state index contributed by atoms with van der Waals surface area (Å²) in [5.74, 6) is -1.51. The van der Waals surface area contributed by atoms with Gasteiger partial charge in [-0.1, -0.05) is 11.6 Å². The highest BCUT2D eigenvalue weighted by molar-refractivity contribution is 6.31. The van der Waals surface area contributed by atoms with Gasteiger partial charge in [-0.2, -0.15) is 5.26 Å². The summed E-state index contributed by atoms with van der Waals surface area (Å²) in [6.07, 6.45) is 0.152. The van der Waals surface area contributed by atoms with Crippen molar-refractivity contribution in [2.24, 2.45) is 0 Å². The number of nitro groups is 1. The van der Waals surface area contributed by atoms with Gasteiger partial charge < -0.3 is 9.64 Å². The lowest BCUT2D eigenvalue weighted by Crippen LogP contribution is -2.32. The van der Waals surface area contributed by atoms with Gasteiger partial charge in [-0.25, -0.2) is 4.79 Å². The Balaban J connectivity index is 2.73. The van der Waals surface area contributed by atoms with Gasteiger partial charge in [-0.05, 0) is 12.1 Å². The summed E-state index contributed by atoms with van der Waals surface area (Å²) in [4.78, 5) is 34.8. The Morgan fingerprint density at radius 3 is 2.77 bits per heavy atom. The maximum absolute atomic E-state index is 11.8. The second-order valence-electron chi connectivity index (χ2n) is 4.22. The molecular formula is C13H12ClN3O5. The third-order valence-electron chi connectivity index (χ3n) is 2.69. The first kappa shape index (κ1) is 17.4. The van der Waals surface area contributed by atoms with Crippen LogP contribution in [0.4, 0.5) is 5.69 Å². The lowest BCUT2D eigenvalue weighted by molar-refractivity contribution is -0.385. The third kappa shape index (κ3) is 4.71. The van der Waals surface area contributed by atoms with Crippen molar-refractivity contribution in [2.75, 3.05) is 20.2 Å². The van der Waals surface area contributed by atoms with Gasteiger partial charge in [0.1, 0.15) is 5.56 Å². The SMILES string of the molecule is CN(CCC#N)C(=O)COC(=O)c1ccc(Cl)cc1[N+](=O)[O-]. The van der Waals surface area contributed by atoms with E-state index in [9.17, 15) is 19.7 Å². The summed E-state index contributed by atoms with van der Waals surface area (Å²) >= 11 is 5.64. The van der Waals surface area contributed by atoms with Gasteiger partial charge in [0.15, 0.2) is 6.61 Å². The van der Waals surface area contributed by atoms with Gasteiger partial charge in [-0.15, -0.1) is 0 Å². The van der Waals surface area contributed by atoms with Crippen LogP contribution in [-0.2, 0) is 9.53 Å². The molecule has 116 valence electrons. The molecule has 0 spiro atoms. The van der Waals surface area contributed by atoms with E-state index in [1.807, 2.05) is 6.07 Å². The van der Waals surface area contributed by atoms with Crippen molar-refractivity contribution < 1.29 is 19.2 Å². The van der Waals surface area contributed by atoms with Crippen molar-refractivity contribution in [3.8, 4) is 6.07 Å². The second kappa shape index (κ2) is 7.95. The monoisotopic (exact) mass is 325 g/mol. The number of benzene rings is 1. The standard InChI is InChI=1S/C13H12ClN3O5/c1-16(6-2-5-15)12(18)8-22-13(19)10-4-3-9(14)7-11(10)17(20)21/h3-4,7H,2,6,8H2,1H3. The van der Waals surface area contributed by atoms with Gasteiger partial charge in [0, 0.05) is 24.7 Å². The van der Waals surface area contributed by atoms with E-state index in [-0.39, 0.29) is 23.6 Å². The van der Waals surface area contributed by atoms with Crippen LogP contribution in [-0.4, -0.2) is 41.9 Å². The number of nitro benzene ring substituents is 1. The number of hydrogen-bond acceptors (Lipinski definition) is 6. The van der Waals surface area contributed by atoms with Crippen molar-refractivity contribution >= 4 is 29.2 Å². The summed E-state index contributed by atoms with van der Waals surface area (Å²) in [5.41, 5.74) is -0.787. The van der Waals surface area contributed by atoms with Crippen molar-refractivity contribution in [3.63, 3.8) is 0 Å². The minimum Gasteiger partial charge on any atom is -0.452 e. The highest BCUT2D eigenvalue weighted by Crippen LogP contribution is 2.23. The molecule has 0 fully saturated rings. The molecule has 0 N–H and O–H groups in total. The number of nitrogens with zero attached hydrogens (tertiary/aromatic N) is 3. The predicted molar refractivity (Wildman–Crippen MR) is 76.3 cm³/mol. The number of carbonyl (C=O) groups excluding carboxylic acids is 2. The number of likely N-dealkylation sites (N-methyl/N-ethyl adjacent to an activating group) is 1. The topological polar surface area (TPSA) is 114 Å². The molecule has 9 heteroatoms. The molecule has 0 bridgehead atoms. The van der Waals surface area contributed by atoms with Crippen molar-refractivity contribution in [2.45, 2.75) is 6.42 Å². The highest BCUT2D eigenvalue weighted by Gasteiger charge is 2.23. The van der Waals surface area contributed by atoms with Crippen molar-refractivity contribution in [3.05, 3.63) is 38.9 Å². The van der Waals surface area contributed by atoms with Gasteiger partial charge in [0.25, 0.3) is 11.6 Å². The zero-order valence-electron chi connectivity index (χ0n) is 11.6. The molecule has 0 heterocycles. The number of rotatable bonds is 6. The Morgan fingerprint density at radius 1 is 1.50 bits per heavy atom. The second-order valence-corrected chi connectivity index (χ2v) is 4.65. The van der Waals surface area contributed by atoms with E-state index >= 15 is 0 Å². The number of ether oxygens (including phenoxy) is 1. The fourth-order valence-electron chi connectivity index (χ4n) is 1.49. The van der Waals surface area contributed by atoms with E-state index < -0.39 is 29.1 Å². The molecule has 1 aromatic carbocycles. The molecule has 8 nitrogen and oxygen atoms in total. The van der Waals surface area contributed by atoms with Crippen LogP contribution in [0.5, 0.6) is 0 Å². The fraction of sp³-hybridized carbons (Fsp3) is 0.308. The first-order chi connectivity index (χ1) is 10.4. The molecule has 0 atom stereocenters. The van der Waals surface area contributed by atoms with Gasteiger partial charge in [0.05, 0.1) is 17.4 Å². The molecule has 0 radical (unpaired) electrons. The van der Waals surface area contributed by atoms with E-state index in [0.717, 1.165) is 12.1 Å². The smallest absolute Gasteiger partial charge is 0.345 e. The summed E-state index contributed by atoms with van der Waals surface area (Å²) in [6, 6.07) is 5.38. The molecule has 0 aliphatic rings. The van der Waals surface area contributed by atoms with Crippen LogP contribution in [0.25, 0.3) is 0 Å². The Bertz CT molecular complexity index is 641. The Morgan fingerprint density at radius 2 is 2.18 bits per heavy atom. The molecule has 0 aromatic heterocycles. The Hall–Kier alpha value is -2.66. The normalized spacial score (nSPS) is 9.68. The number of esters is 1. The Labute approximate surface area is 131 Å². The Kier molecular flexibility index (Phi) is 6.28. The number of halogens is 1. The van der Waals surface area contributed by atoms with Gasteiger partial charge in [0.2, 0.25) is 0 Å². The van der Waals surface area contributed by atoms with Crippen molar-refractivity contribution in [1.82, 2.24) is 4.90 Å². The van der Waals surface area contributed by atoms with E-state index in [4.69, 9.17) is 21.6 Å². The van der Waals surface area contributed by atoms with Crippen LogP contribution in [0.1, 0.15) is 16.8 Å². The summed E-state index contributed by atoms with van der Waals surface area (Å²) in [6.45, 7) is -0.367. The van der Waals surface area contributed by atoms with Crippen LogP contribution < -0.4 is 0 Å². The van der Waals surface area contributed by atoms with Gasteiger partial charge in [-0.3, -0.25) is 14.9 Å². The molecule has 0 unspecified atom stereocenters. The summed E-state index contributed by atoms with van der Waals surface area (Å²) in [7, 11) is 1.46. The van der Waals surface area contributed by atoms with Crippen LogP contribution in [0, 0.1) is 21.4 Å². The van der Waals surface area contributed by atoms with Crippen LogP contribution in [0.2, 0.25) is 5.02 Å². The van der Waals surface area contributed by atoms with Gasteiger partial charge >= 0.3 is 5.97 Å². The molecule has 1 aromatic rings. The van der Waals surface area contributed by atoms with Crippen LogP contribution in [0.3, 0.4) is 0 Å². The maximum atomic E-state index is 11.8. The van der Waals surface area contributed by atoms with E-state index in [2.05, 4.69) is 0 Å². The minimum absolute atomic E-state index is 0.107. The number of hydrogen-bond donors (Lipinski definition) is 0. The molecule has 0 saturated carbocycles. The zero-order valence-corrected chi connectivity index (χ0v) is 12.4. The van der Waals surface area contributed by atoms with E-state index in [0.29, 0.717) is 0 Å². The highest BCUT2D eigenvalue weighted by atomic mass is 35.5. The number of amides is 1. The average molecular weight is 326 g/mol. The quantitative estimate of drug-likeness (QED) is 0.447. The molecule has 0 aliphatic carbocycles. The number of nitriles is 1. The van der Waals surface area contributed by atoms with Crippen molar-refractivity contribution in [1.29, 1.82) is 5.26 Å². The molecule has 22 heavy (non-hydrogen) atoms. The van der Waals surface area contributed by atoms with Crippen LogP contribution in [0.15, 0.2) is 18.2 Å². The molecule has 1 amide bonds. The number of carbonyl (C=O) groups is 2. The molecular weight excluding hydrogens is 314 g/mol. The predicted octanol–water partition coefficient (Wildman–Crippen LogP) is 1.78. The fourth-order valence-corrected chi connectivity index (χ4v) is 1.65. The summed E-state index contributed by atoms with van der Waals surface area (Å²) in [5, 5.41) is 19.4. The third-order valence-corrected chi connectivity index (χ3v) is 2.92. The van der Waals surface area contributed by atoms with E-state index in [1.165, 1.54) is 18.0 Å². The molecule has 0 aliphatic heterocycles. The average Bonchev–Trinajstić information content (AvgIpc) is 2.49. The maximum Gasteiger partial charge on any atom is 0.345 e. The van der Waals surface area contributed by atoms with E-state index in [1.54, 1.807) is 0 Å². The largest absolute Gasteiger partial charge is 0.452 e. The zero-order chi connectivity index (χ0) is 16.7.